The van der Waals surface area contributed by atoms with E-state index in [0.29, 0.717) is 17.1 Å². The summed E-state index contributed by atoms with van der Waals surface area (Å²) in [5.74, 6) is 0.261. The smallest absolute Gasteiger partial charge is 0.335 e. The number of rotatable bonds is 7. The van der Waals surface area contributed by atoms with Gasteiger partial charge in [0.1, 0.15) is 16.5 Å². The van der Waals surface area contributed by atoms with E-state index in [1.54, 1.807) is 44.4 Å². The second-order valence-electron chi connectivity index (χ2n) is 7.07. The minimum absolute atomic E-state index is 0.0209. The second kappa shape index (κ2) is 9.75. The number of aromatic nitrogens is 2. The van der Waals surface area contributed by atoms with Crippen LogP contribution < -0.4 is 15.0 Å². The van der Waals surface area contributed by atoms with Crippen LogP contribution in [-0.4, -0.2) is 29.5 Å². The molecule has 8 heteroatoms. The predicted molar refractivity (Wildman–Crippen MR) is 125 cm³/mol. The average molecular weight is 465 g/mol. The molecule has 1 atom stereocenters. The molecule has 0 spiro atoms. The Morgan fingerprint density at radius 3 is 2.45 bits per heavy atom. The molecular formula is C25H21ClN2O5. The van der Waals surface area contributed by atoms with Gasteiger partial charge in [-0.3, -0.25) is 4.79 Å². The van der Waals surface area contributed by atoms with Crippen molar-refractivity contribution in [3.63, 3.8) is 0 Å². The van der Waals surface area contributed by atoms with Crippen LogP contribution in [0.1, 0.15) is 18.5 Å². The van der Waals surface area contributed by atoms with E-state index in [1.807, 2.05) is 36.4 Å². The third kappa shape index (κ3) is 4.54. The van der Waals surface area contributed by atoms with E-state index in [0.717, 1.165) is 15.5 Å². The standard InChI is InChI=1S/C25H21ClN2O5/c1-3-32-25(30)22(20-10-6-8-16-7-4-5-9-19(16)20)28-24(29)23(21(26)15-27-28)33-18-13-11-17(31-2)12-14-18/h4-15,22H,3H2,1-2H3. The van der Waals surface area contributed by atoms with Gasteiger partial charge < -0.3 is 14.2 Å². The summed E-state index contributed by atoms with van der Waals surface area (Å²) in [4.78, 5) is 26.5. The van der Waals surface area contributed by atoms with Gasteiger partial charge in [-0.1, -0.05) is 54.1 Å². The molecular weight excluding hydrogens is 444 g/mol. The Morgan fingerprint density at radius 2 is 1.73 bits per heavy atom. The van der Waals surface area contributed by atoms with Gasteiger partial charge in [-0.15, -0.1) is 0 Å². The molecule has 7 nitrogen and oxygen atoms in total. The Hall–Kier alpha value is -3.84. The number of carbonyl (C=O) groups is 1. The third-order valence-electron chi connectivity index (χ3n) is 5.07. The molecule has 4 aromatic rings. The van der Waals surface area contributed by atoms with Gasteiger partial charge in [-0.05, 0) is 47.5 Å². The molecule has 33 heavy (non-hydrogen) atoms. The van der Waals surface area contributed by atoms with E-state index in [2.05, 4.69) is 5.10 Å². The van der Waals surface area contributed by atoms with Crippen LogP contribution >= 0.6 is 11.6 Å². The molecule has 0 radical (unpaired) electrons. The topological polar surface area (TPSA) is 79.7 Å². The highest BCUT2D eigenvalue weighted by molar-refractivity contribution is 6.31. The van der Waals surface area contributed by atoms with Crippen LogP contribution in [0.5, 0.6) is 17.2 Å². The normalized spacial score (nSPS) is 11.7. The lowest BCUT2D eigenvalue weighted by atomic mass is 9.98. The van der Waals surface area contributed by atoms with Crippen molar-refractivity contribution in [3.8, 4) is 17.2 Å². The highest BCUT2D eigenvalue weighted by atomic mass is 35.5. The van der Waals surface area contributed by atoms with Gasteiger partial charge in [0.15, 0.2) is 6.04 Å². The van der Waals surface area contributed by atoms with Crippen molar-refractivity contribution in [2.45, 2.75) is 13.0 Å². The SMILES string of the molecule is CCOC(=O)C(c1cccc2ccccc12)n1ncc(Cl)c(Oc2ccc(OC)cc2)c1=O. The van der Waals surface area contributed by atoms with E-state index in [-0.39, 0.29) is 17.4 Å². The molecule has 1 unspecified atom stereocenters. The first-order valence-electron chi connectivity index (χ1n) is 10.3. The molecule has 0 amide bonds. The number of esters is 1. The number of benzene rings is 3. The molecule has 0 saturated heterocycles. The summed E-state index contributed by atoms with van der Waals surface area (Å²) in [6.07, 6.45) is 1.28. The molecule has 0 aliphatic carbocycles. The zero-order valence-corrected chi connectivity index (χ0v) is 18.8. The van der Waals surface area contributed by atoms with Crippen LogP contribution in [0.15, 0.2) is 77.7 Å². The minimum Gasteiger partial charge on any atom is -0.497 e. The maximum absolute atomic E-state index is 13.4. The number of hydrogen-bond acceptors (Lipinski definition) is 6. The largest absolute Gasteiger partial charge is 0.497 e. The highest BCUT2D eigenvalue weighted by Gasteiger charge is 2.29. The number of carbonyl (C=O) groups excluding carboxylic acids is 1. The van der Waals surface area contributed by atoms with E-state index in [1.165, 1.54) is 6.20 Å². The van der Waals surface area contributed by atoms with Crippen molar-refractivity contribution in [1.82, 2.24) is 9.78 Å². The van der Waals surface area contributed by atoms with Crippen LogP contribution in [0.4, 0.5) is 0 Å². The summed E-state index contributed by atoms with van der Waals surface area (Å²) in [5.41, 5.74) is -0.0804. The molecule has 4 rings (SSSR count). The maximum Gasteiger partial charge on any atom is 0.335 e. The fraction of sp³-hybridized carbons (Fsp3) is 0.160. The van der Waals surface area contributed by atoms with E-state index in [9.17, 15) is 9.59 Å². The maximum atomic E-state index is 13.4. The monoisotopic (exact) mass is 464 g/mol. The van der Waals surface area contributed by atoms with Gasteiger partial charge in [-0.25, -0.2) is 9.48 Å². The van der Waals surface area contributed by atoms with Crippen LogP contribution in [0, 0.1) is 0 Å². The summed E-state index contributed by atoms with van der Waals surface area (Å²) in [6, 6.07) is 18.7. The van der Waals surface area contributed by atoms with E-state index < -0.39 is 17.6 Å². The first-order chi connectivity index (χ1) is 16.0. The Bertz CT molecular complexity index is 1350. The Balaban J connectivity index is 1.85. The fourth-order valence-corrected chi connectivity index (χ4v) is 3.70. The first kappa shape index (κ1) is 22.4. The molecule has 168 valence electrons. The number of ether oxygens (including phenoxy) is 3. The summed E-state index contributed by atoms with van der Waals surface area (Å²) in [6.45, 7) is 1.85. The molecule has 0 fully saturated rings. The first-order valence-corrected chi connectivity index (χ1v) is 10.6. The molecule has 0 bridgehead atoms. The van der Waals surface area contributed by atoms with Gasteiger partial charge in [0.05, 0.1) is 19.9 Å². The predicted octanol–water partition coefficient (Wildman–Crippen LogP) is 5.00. The lowest BCUT2D eigenvalue weighted by Crippen LogP contribution is -2.34. The van der Waals surface area contributed by atoms with Gasteiger partial charge in [0.25, 0.3) is 0 Å². The number of halogens is 1. The highest BCUT2D eigenvalue weighted by Crippen LogP contribution is 2.30. The van der Waals surface area contributed by atoms with Gasteiger partial charge >= 0.3 is 11.5 Å². The van der Waals surface area contributed by atoms with Crippen LogP contribution in [0.2, 0.25) is 5.02 Å². The van der Waals surface area contributed by atoms with E-state index in [4.69, 9.17) is 25.8 Å². The van der Waals surface area contributed by atoms with Gasteiger partial charge in [0, 0.05) is 0 Å². The number of hydrogen-bond donors (Lipinski definition) is 0. The number of fused-ring (bicyclic) bond motifs is 1. The van der Waals surface area contributed by atoms with Gasteiger partial charge in [-0.2, -0.15) is 5.10 Å². The Morgan fingerprint density at radius 1 is 1.03 bits per heavy atom. The van der Waals surface area contributed by atoms with Crippen molar-refractivity contribution in [1.29, 1.82) is 0 Å². The van der Waals surface area contributed by atoms with Crippen molar-refractivity contribution in [2.24, 2.45) is 0 Å². The van der Waals surface area contributed by atoms with Crippen LogP contribution in [-0.2, 0) is 9.53 Å². The molecule has 0 aliphatic heterocycles. The molecule has 0 saturated carbocycles. The summed E-state index contributed by atoms with van der Waals surface area (Å²) >= 11 is 6.25. The zero-order valence-electron chi connectivity index (χ0n) is 18.0. The molecule has 0 aliphatic rings. The molecule has 1 aromatic heterocycles. The minimum atomic E-state index is -1.13. The summed E-state index contributed by atoms with van der Waals surface area (Å²) < 4.78 is 17.3. The quantitative estimate of drug-likeness (QED) is 0.358. The Labute approximate surface area is 195 Å². The molecule has 0 N–H and O–H groups in total. The lowest BCUT2D eigenvalue weighted by Gasteiger charge is -2.20. The third-order valence-corrected chi connectivity index (χ3v) is 5.34. The van der Waals surface area contributed by atoms with Crippen molar-refractivity contribution in [2.75, 3.05) is 13.7 Å². The second-order valence-corrected chi connectivity index (χ2v) is 7.48. The number of methoxy groups -OCH3 is 1. The van der Waals surface area contributed by atoms with Crippen LogP contribution in [0.3, 0.4) is 0 Å². The van der Waals surface area contributed by atoms with Crippen molar-refractivity contribution >= 4 is 28.3 Å². The molecule has 1 heterocycles. The fourth-order valence-electron chi connectivity index (χ4n) is 3.54. The van der Waals surface area contributed by atoms with Crippen LogP contribution in [0.25, 0.3) is 10.8 Å². The summed E-state index contributed by atoms with van der Waals surface area (Å²) in [7, 11) is 1.55. The summed E-state index contributed by atoms with van der Waals surface area (Å²) in [5, 5.41) is 5.91. The Kier molecular flexibility index (Phi) is 6.60. The number of nitrogens with zero attached hydrogens (tertiary/aromatic N) is 2. The van der Waals surface area contributed by atoms with Crippen molar-refractivity contribution < 1.29 is 19.0 Å². The van der Waals surface area contributed by atoms with Gasteiger partial charge in [0.2, 0.25) is 5.75 Å². The average Bonchev–Trinajstić information content (AvgIpc) is 2.84. The molecule has 3 aromatic carbocycles. The lowest BCUT2D eigenvalue weighted by molar-refractivity contribution is -0.146. The van der Waals surface area contributed by atoms with Crippen molar-refractivity contribution in [3.05, 3.63) is 93.9 Å². The zero-order chi connectivity index (χ0) is 23.4. The van der Waals surface area contributed by atoms with E-state index >= 15 is 0 Å².